The molecule has 1 aromatic rings. The molecule has 120 valence electrons. The van der Waals surface area contributed by atoms with Gasteiger partial charge in [-0.3, -0.25) is 4.79 Å². The zero-order valence-corrected chi connectivity index (χ0v) is 15.3. The third-order valence-corrected chi connectivity index (χ3v) is 4.11. The van der Waals surface area contributed by atoms with Crippen LogP contribution in [0.3, 0.4) is 0 Å². The van der Waals surface area contributed by atoms with Crippen molar-refractivity contribution in [1.82, 2.24) is 14.6 Å². The summed E-state index contributed by atoms with van der Waals surface area (Å²) < 4.78 is 27.7. The maximum Gasteiger partial charge on any atom is 0.268 e. The van der Waals surface area contributed by atoms with Gasteiger partial charge in [0, 0.05) is 28.8 Å². The fraction of sp³-hybridized carbons (Fsp3) is 0.615. The van der Waals surface area contributed by atoms with Crippen LogP contribution in [0.15, 0.2) is 16.7 Å². The molecule has 21 heavy (non-hydrogen) atoms. The number of carbonyl (C=O) groups is 1. The molecule has 0 saturated carbocycles. The normalized spacial score (nSPS) is 12.7. The van der Waals surface area contributed by atoms with Crippen molar-refractivity contribution in [2.24, 2.45) is 0 Å². The Balaban J connectivity index is 2.79. The minimum atomic E-state index is -3.33. The number of hydrogen-bond donors (Lipinski definition) is 2. The van der Waals surface area contributed by atoms with Crippen LogP contribution in [-0.4, -0.2) is 37.2 Å². The van der Waals surface area contributed by atoms with Gasteiger partial charge in [-0.15, -0.1) is 0 Å². The summed E-state index contributed by atoms with van der Waals surface area (Å²) in [5, 5.41) is 2.76. The molecule has 0 aliphatic carbocycles. The Bertz CT molecular complexity index is 621. The molecule has 0 spiro atoms. The summed E-state index contributed by atoms with van der Waals surface area (Å²) in [5.41, 5.74) is -0.220. The molecule has 2 N–H and O–H groups in total. The van der Waals surface area contributed by atoms with Crippen LogP contribution in [0.2, 0.25) is 0 Å². The third kappa shape index (κ3) is 5.80. The number of aromatic nitrogens is 1. The fourth-order valence-corrected chi connectivity index (χ4v) is 3.50. The molecule has 0 aromatic carbocycles. The average Bonchev–Trinajstić information content (AvgIpc) is 2.65. The monoisotopic (exact) mass is 379 g/mol. The highest BCUT2D eigenvalue weighted by molar-refractivity contribution is 9.10. The molecule has 0 aliphatic rings. The summed E-state index contributed by atoms with van der Waals surface area (Å²) in [7, 11) is -3.33. The van der Waals surface area contributed by atoms with Crippen molar-refractivity contribution in [3.05, 3.63) is 22.4 Å². The van der Waals surface area contributed by atoms with E-state index < -0.39 is 15.6 Å². The second-order valence-corrected chi connectivity index (χ2v) is 8.65. The van der Waals surface area contributed by atoms with Crippen LogP contribution in [0.1, 0.15) is 44.2 Å². The number of nitrogens with one attached hydrogen (secondary N) is 2. The Hall–Kier alpha value is -0.860. The van der Waals surface area contributed by atoms with Crippen molar-refractivity contribution in [2.75, 3.05) is 12.8 Å². The lowest BCUT2D eigenvalue weighted by atomic mass is 10.1. The number of halogens is 1. The van der Waals surface area contributed by atoms with E-state index in [-0.39, 0.29) is 18.5 Å². The second kappa shape index (κ2) is 6.50. The molecule has 0 aliphatic heterocycles. The van der Waals surface area contributed by atoms with Gasteiger partial charge in [0.05, 0.1) is 6.26 Å². The number of hydrogen-bond acceptors (Lipinski definition) is 3. The molecule has 0 bridgehead atoms. The molecule has 1 aromatic heterocycles. The first kappa shape index (κ1) is 18.2. The second-order valence-electron chi connectivity index (χ2n) is 5.99. The number of carbonyl (C=O) groups excluding carboxylic acids is 1. The van der Waals surface area contributed by atoms with E-state index in [0.717, 1.165) is 10.7 Å². The lowest BCUT2D eigenvalue weighted by Crippen LogP contribution is -2.51. The molecule has 0 saturated heterocycles. The van der Waals surface area contributed by atoms with Crippen LogP contribution in [0.25, 0.3) is 0 Å². The largest absolute Gasteiger partial charge is 0.349 e. The number of sulfonamides is 1. The summed E-state index contributed by atoms with van der Waals surface area (Å²) in [4.78, 5) is 12.3. The first-order valence-corrected chi connectivity index (χ1v) is 9.24. The van der Waals surface area contributed by atoms with Crippen LogP contribution in [-0.2, 0) is 10.0 Å². The van der Waals surface area contributed by atoms with E-state index in [0.29, 0.717) is 5.69 Å². The van der Waals surface area contributed by atoms with E-state index in [1.165, 1.54) is 0 Å². The Labute approximate surface area is 134 Å². The van der Waals surface area contributed by atoms with Gasteiger partial charge in [0.15, 0.2) is 0 Å². The van der Waals surface area contributed by atoms with Crippen LogP contribution in [0.5, 0.6) is 0 Å². The molecule has 1 amide bonds. The van der Waals surface area contributed by atoms with Crippen molar-refractivity contribution >= 4 is 31.9 Å². The quantitative estimate of drug-likeness (QED) is 0.791. The zero-order chi connectivity index (χ0) is 16.4. The van der Waals surface area contributed by atoms with Crippen molar-refractivity contribution in [2.45, 2.75) is 39.3 Å². The average molecular weight is 380 g/mol. The van der Waals surface area contributed by atoms with Crippen LogP contribution in [0.4, 0.5) is 0 Å². The van der Waals surface area contributed by atoms with Gasteiger partial charge in [0.2, 0.25) is 10.0 Å². The molecule has 0 atom stereocenters. The Morgan fingerprint density at radius 2 is 2.00 bits per heavy atom. The SMILES string of the molecule is CC(C)n1cc(Br)cc1C(=O)NCC(C)(C)NS(C)(=O)=O. The molecule has 1 heterocycles. The number of nitrogens with zero attached hydrogens (tertiary/aromatic N) is 1. The van der Waals surface area contributed by atoms with Crippen molar-refractivity contribution in [3.8, 4) is 0 Å². The number of rotatable bonds is 6. The van der Waals surface area contributed by atoms with Crippen molar-refractivity contribution in [1.29, 1.82) is 0 Å². The highest BCUT2D eigenvalue weighted by Gasteiger charge is 2.24. The molecule has 0 fully saturated rings. The summed E-state index contributed by atoms with van der Waals surface area (Å²) in [6.07, 6.45) is 2.94. The molecule has 8 heteroatoms. The highest BCUT2D eigenvalue weighted by atomic mass is 79.9. The topological polar surface area (TPSA) is 80.2 Å². The van der Waals surface area contributed by atoms with Crippen LogP contribution >= 0.6 is 15.9 Å². The summed E-state index contributed by atoms with van der Waals surface area (Å²) >= 11 is 3.36. The fourth-order valence-electron chi connectivity index (χ4n) is 1.98. The van der Waals surface area contributed by atoms with Gasteiger partial charge in [0.25, 0.3) is 5.91 Å². The minimum absolute atomic E-state index is 0.152. The molecule has 6 nitrogen and oxygen atoms in total. The van der Waals surface area contributed by atoms with Crippen molar-refractivity contribution in [3.63, 3.8) is 0 Å². The molecule has 1 rings (SSSR count). The third-order valence-electron chi connectivity index (χ3n) is 2.76. The van der Waals surface area contributed by atoms with Gasteiger partial charge in [-0.1, -0.05) is 0 Å². The predicted octanol–water partition coefficient (Wildman–Crippen LogP) is 1.89. The highest BCUT2D eigenvalue weighted by Crippen LogP contribution is 2.19. The van der Waals surface area contributed by atoms with Gasteiger partial charge in [-0.05, 0) is 49.7 Å². The van der Waals surface area contributed by atoms with Gasteiger partial charge in [-0.2, -0.15) is 0 Å². The van der Waals surface area contributed by atoms with Crippen LogP contribution in [0, 0.1) is 0 Å². The Morgan fingerprint density at radius 3 is 2.48 bits per heavy atom. The first-order chi connectivity index (χ1) is 9.41. The van der Waals surface area contributed by atoms with E-state index in [9.17, 15) is 13.2 Å². The molecule has 0 unspecified atom stereocenters. The summed E-state index contributed by atoms with van der Waals surface area (Å²) in [5.74, 6) is -0.238. The van der Waals surface area contributed by atoms with Crippen molar-refractivity contribution < 1.29 is 13.2 Å². The standard InChI is InChI=1S/C13H22BrN3O3S/c1-9(2)17-7-10(14)6-11(17)12(18)15-8-13(3,4)16-21(5,19)20/h6-7,9,16H,8H2,1-5H3,(H,15,18). The maximum absolute atomic E-state index is 12.3. The van der Waals surface area contributed by atoms with E-state index in [2.05, 4.69) is 26.0 Å². The van der Waals surface area contributed by atoms with E-state index in [1.807, 2.05) is 24.6 Å². The zero-order valence-electron chi connectivity index (χ0n) is 12.9. The maximum atomic E-state index is 12.3. The van der Waals surface area contributed by atoms with Gasteiger partial charge < -0.3 is 9.88 Å². The summed E-state index contributed by atoms with van der Waals surface area (Å²) in [6, 6.07) is 1.89. The van der Waals surface area contributed by atoms with E-state index in [1.54, 1.807) is 19.9 Å². The molecular formula is C13H22BrN3O3S. The lowest BCUT2D eigenvalue weighted by molar-refractivity contribution is 0.0933. The summed E-state index contributed by atoms with van der Waals surface area (Å²) in [6.45, 7) is 7.59. The van der Waals surface area contributed by atoms with Crippen LogP contribution < -0.4 is 10.0 Å². The molecule has 0 radical (unpaired) electrons. The molecular weight excluding hydrogens is 358 g/mol. The first-order valence-electron chi connectivity index (χ1n) is 6.56. The van der Waals surface area contributed by atoms with Gasteiger partial charge in [-0.25, -0.2) is 13.1 Å². The lowest BCUT2D eigenvalue weighted by Gasteiger charge is -2.25. The number of amides is 1. The van der Waals surface area contributed by atoms with Gasteiger partial charge in [0.1, 0.15) is 5.69 Å². The Kier molecular flexibility index (Phi) is 5.63. The predicted molar refractivity (Wildman–Crippen MR) is 86.9 cm³/mol. The smallest absolute Gasteiger partial charge is 0.268 e. The van der Waals surface area contributed by atoms with Gasteiger partial charge >= 0.3 is 0 Å². The van der Waals surface area contributed by atoms with E-state index >= 15 is 0 Å². The van der Waals surface area contributed by atoms with E-state index in [4.69, 9.17) is 0 Å². The Morgan fingerprint density at radius 1 is 1.43 bits per heavy atom. The minimum Gasteiger partial charge on any atom is -0.349 e.